The molecule has 0 saturated carbocycles. The number of aryl methyl sites for hydroxylation is 2. The van der Waals surface area contributed by atoms with Gasteiger partial charge in [0.05, 0.1) is 29.2 Å². The lowest BCUT2D eigenvalue weighted by Gasteiger charge is -2.11. The monoisotopic (exact) mass is 383 g/mol. The minimum absolute atomic E-state index is 0.0599. The van der Waals surface area contributed by atoms with E-state index in [-0.39, 0.29) is 17.6 Å². The molecular formula is C20H21N3O3S. The summed E-state index contributed by atoms with van der Waals surface area (Å²) in [7, 11) is 0. The Hall–Kier alpha value is -2.51. The summed E-state index contributed by atoms with van der Waals surface area (Å²) in [6, 6.07) is 7.61. The van der Waals surface area contributed by atoms with Gasteiger partial charge in [0.15, 0.2) is 0 Å². The average Bonchev–Trinajstić information content (AvgIpc) is 3.27. The number of hydrogen-bond donors (Lipinski definition) is 1. The molecule has 1 saturated heterocycles. The molecule has 140 valence electrons. The van der Waals surface area contributed by atoms with Crippen molar-refractivity contribution in [2.75, 3.05) is 11.9 Å². The lowest BCUT2D eigenvalue weighted by molar-refractivity contribution is 0.0960. The summed E-state index contributed by atoms with van der Waals surface area (Å²) in [6.45, 7) is 5.00. The molecule has 0 bridgehead atoms. The smallest absolute Gasteiger partial charge is 0.266 e. The number of benzene rings is 1. The molecule has 1 amide bonds. The van der Waals surface area contributed by atoms with Crippen molar-refractivity contribution in [3.8, 4) is 0 Å². The van der Waals surface area contributed by atoms with Crippen molar-refractivity contribution in [1.29, 1.82) is 0 Å². The van der Waals surface area contributed by atoms with Gasteiger partial charge in [-0.05, 0) is 43.9 Å². The van der Waals surface area contributed by atoms with Crippen molar-refractivity contribution in [1.82, 2.24) is 9.55 Å². The normalized spacial score (nSPS) is 16.7. The summed E-state index contributed by atoms with van der Waals surface area (Å²) in [6.07, 6.45) is 3.60. The maximum Gasteiger partial charge on any atom is 0.266 e. The lowest BCUT2D eigenvalue weighted by atomic mass is 10.1. The summed E-state index contributed by atoms with van der Waals surface area (Å²) in [5.74, 6) is -0.213. The van der Waals surface area contributed by atoms with Crippen LogP contribution in [0.4, 0.5) is 5.69 Å². The van der Waals surface area contributed by atoms with Crippen LogP contribution >= 0.6 is 11.3 Å². The van der Waals surface area contributed by atoms with Crippen LogP contribution in [0, 0.1) is 13.8 Å². The number of rotatable bonds is 4. The molecule has 1 fully saturated rings. The Labute approximate surface area is 160 Å². The quantitative estimate of drug-likeness (QED) is 0.748. The Morgan fingerprint density at radius 3 is 2.93 bits per heavy atom. The van der Waals surface area contributed by atoms with Crippen LogP contribution in [-0.2, 0) is 11.3 Å². The van der Waals surface area contributed by atoms with Gasteiger partial charge >= 0.3 is 0 Å². The van der Waals surface area contributed by atoms with Gasteiger partial charge < -0.3 is 10.1 Å². The van der Waals surface area contributed by atoms with Gasteiger partial charge in [0.1, 0.15) is 4.83 Å². The Balaban J connectivity index is 1.67. The number of thiophene rings is 1. The molecular weight excluding hydrogens is 362 g/mol. The highest BCUT2D eigenvalue weighted by atomic mass is 32.1. The molecule has 0 radical (unpaired) electrons. The van der Waals surface area contributed by atoms with Crippen LogP contribution in [0.25, 0.3) is 10.2 Å². The van der Waals surface area contributed by atoms with Gasteiger partial charge in [-0.15, -0.1) is 11.3 Å². The molecule has 2 aromatic heterocycles. The fourth-order valence-corrected chi connectivity index (χ4v) is 4.44. The van der Waals surface area contributed by atoms with E-state index in [2.05, 4.69) is 10.3 Å². The van der Waals surface area contributed by atoms with E-state index in [4.69, 9.17) is 4.74 Å². The van der Waals surface area contributed by atoms with Crippen LogP contribution < -0.4 is 10.9 Å². The first-order chi connectivity index (χ1) is 13.0. The molecule has 4 rings (SSSR count). The van der Waals surface area contributed by atoms with E-state index in [1.54, 1.807) is 10.9 Å². The molecule has 1 aliphatic heterocycles. The van der Waals surface area contributed by atoms with Gasteiger partial charge in [0, 0.05) is 12.3 Å². The first kappa shape index (κ1) is 17.9. The van der Waals surface area contributed by atoms with Crippen molar-refractivity contribution in [3.05, 3.63) is 57.0 Å². The van der Waals surface area contributed by atoms with Gasteiger partial charge in [0.25, 0.3) is 11.5 Å². The molecule has 1 atom stereocenters. The zero-order chi connectivity index (χ0) is 19.0. The molecule has 3 heterocycles. The molecule has 27 heavy (non-hydrogen) atoms. The van der Waals surface area contributed by atoms with Crippen LogP contribution in [0.15, 0.2) is 35.4 Å². The molecule has 0 unspecified atom stereocenters. The number of nitrogens with zero attached hydrogens (tertiary/aromatic N) is 2. The Morgan fingerprint density at radius 1 is 1.37 bits per heavy atom. The van der Waals surface area contributed by atoms with Crippen molar-refractivity contribution >= 4 is 33.1 Å². The Morgan fingerprint density at radius 2 is 2.19 bits per heavy atom. The van der Waals surface area contributed by atoms with Gasteiger partial charge in [-0.25, -0.2) is 4.98 Å². The van der Waals surface area contributed by atoms with E-state index >= 15 is 0 Å². The van der Waals surface area contributed by atoms with E-state index in [0.717, 1.165) is 30.7 Å². The Kier molecular flexibility index (Phi) is 4.80. The maximum absolute atomic E-state index is 12.9. The van der Waals surface area contributed by atoms with Crippen LogP contribution in [0.2, 0.25) is 0 Å². The number of para-hydroxylation sites is 1. The highest BCUT2D eigenvalue weighted by Crippen LogP contribution is 2.28. The maximum atomic E-state index is 12.9. The first-order valence-corrected chi connectivity index (χ1v) is 9.83. The lowest BCUT2D eigenvalue weighted by Crippen LogP contribution is -2.26. The topological polar surface area (TPSA) is 73.2 Å². The summed E-state index contributed by atoms with van der Waals surface area (Å²) in [4.78, 5) is 31.2. The van der Waals surface area contributed by atoms with Crippen LogP contribution in [0.1, 0.15) is 33.6 Å². The Bertz CT molecular complexity index is 1060. The van der Waals surface area contributed by atoms with E-state index in [9.17, 15) is 9.59 Å². The van der Waals surface area contributed by atoms with Crippen molar-refractivity contribution in [3.63, 3.8) is 0 Å². The van der Waals surface area contributed by atoms with Crippen LogP contribution in [0.3, 0.4) is 0 Å². The SMILES string of the molecule is Cc1ccccc1NC(=O)c1sc2ncn(C[C@@H]3CCCO3)c(=O)c2c1C. The molecule has 1 aliphatic rings. The zero-order valence-corrected chi connectivity index (χ0v) is 16.1. The highest BCUT2D eigenvalue weighted by Gasteiger charge is 2.22. The molecule has 1 N–H and O–H groups in total. The average molecular weight is 383 g/mol. The largest absolute Gasteiger partial charge is 0.376 e. The highest BCUT2D eigenvalue weighted by molar-refractivity contribution is 7.20. The van der Waals surface area contributed by atoms with Crippen LogP contribution in [0.5, 0.6) is 0 Å². The number of hydrogen-bond acceptors (Lipinski definition) is 5. The number of anilines is 1. The number of carbonyl (C=O) groups excluding carboxylic acids is 1. The van der Waals surface area contributed by atoms with E-state index < -0.39 is 0 Å². The molecule has 3 aromatic rings. The molecule has 7 heteroatoms. The van der Waals surface area contributed by atoms with Crippen molar-refractivity contribution < 1.29 is 9.53 Å². The third-order valence-corrected chi connectivity index (χ3v) is 6.14. The number of aromatic nitrogens is 2. The first-order valence-electron chi connectivity index (χ1n) is 9.01. The molecule has 1 aromatic carbocycles. The van der Waals surface area contributed by atoms with Crippen molar-refractivity contribution in [2.24, 2.45) is 0 Å². The van der Waals surface area contributed by atoms with Gasteiger partial charge in [-0.2, -0.15) is 0 Å². The third-order valence-electron chi connectivity index (χ3n) is 4.94. The minimum atomic E-state index is -0.213. The number of fused-ring (bicyclic) bond motifs is 1. The van der Waals surface area contributed by atoms with E-state index in [0.29, 0.717) is 27.2 Å². The van der Waals surface area contributed by atoms with E-state index in [1.165, 1.54) is 11.3 Å². The summed E-state index contributed by atoms with van der Waals surface area (Å²) >= 11 is 1.25. The number of ether oxygens (including phenoxy) is 1. The zero-order valence-electron chi connectivity index (χ0n) is 15.3. The molecule has 0 aliphatic carbocycles. The molecule has 6 nitrogen and oxygen atoms in total. The third kappa shape index (κ3) is 3.40. The van der Waals surface area contributed by atoms with Gasteiger partial charge in [-0.3, -0.25) is 14.2 Å². The second-order valence-electron chi connectivity index (χ2n) is 6.84. The fourth-order valence-electron chi connectivity index (χ4n) is 3.41. The van der Waals surface area contributed by atoms with Crippen molar-refractivity contribution in [2.45, 2.75) is 39.3 Å². The number of nitrogens with one attached hydrogen (secondary N) is 1. The summed E-state index contributed by atoms with van der Waals surface area (Å²) in [5, 5.41) is 3.46. The predicted molar refractivity (Wildman–Crippen MR) is 107 cm³/mol. The summed E-state index contributed by atoms with van der Waals surface area (Å²) in [5.41, 5.74) is 2.32. The fraction of sp³-hybridized carbons (Fsp3) is 0.350. The molecule has 0 spiro atoms. The van der Waals surface area contributed by atoms with Gasteiger partial charge in [0.2, 0.25) is 0 Å². The van der Waals surface area contributed by atoms with Gasteiger partial charge in [-0.1, -0.05) is 18.2 Å². The second kappa shape index (κ2) is 7.25. The number of carbonyl (C=O) groups is 1. The summed E-state index contributed by atoms with van der Waals surface area (Å²) < 4.78 is 7.22. The van der Waals surface area contributed by atoms with Crippen LogP contribution in [-0.4, -0.2) is 28.2 Å². The predicted octanol–water partition coefficient (Wildman–Crippen LogP) is 3.51. The minimum Gasteiger partial charge on any atom is -0.376 e. The standard InChI is InChI=1S/C20H21N3O3S/c1-12-6-3-4-8-15(12)22-18(24)17-13(2)16-19(27-17)21-11-23(20(16)25)10-14-7-5-9-26-14/h3-4,6,8,11,14H,5,7,9-10H2,1-2H3,(H,22,24)/t14-/m0/s1. The number of amides is 1. The second-order valence-corrected chi connectivity index (χ2v) is 7.84. The van der Waals surface area contributed by atoms with E-state index in [1.807, 2.05) is 38.1 Å².